The molecule has 0 aromatic rings. The van der Waals surface area contributed by atoms with Gasteiger partial charge >= 0.3 is 29.8 Å². The summed E-state index contributed by atoms with van der Waals surface area (Å²) in [5.41, 5.74) is -8.61. The average Bonchev–Trinajstić information content (AvgIpc) is 3.45. The standard InChI is InChI=1S/C24H28O12/c1-8-16(27)34-14-13(31-9(2)25)22-12-7-11(20(4,5)6)21(22)15(32-10(3)26)17(28)35-19(21)36-24(22,18(29)33-12)23(8,14)30/h8,11-15,19,30H,7H2,1-6H3/t8-,11+,12-,13+,14+,15+,19-,21+,22-,23-,24-/m1/s1. The molecule has 196 valence electrons. The highest BCUT2D eigenvalue weighted by Gasteiger charge is 3.05. The van der Waals surface area contributed by atoms with E-state index in [-0.39, 0.29) is 6.42 Å². The van der Waals surface area contributed by atoms with Crippen molar-refractivity contribution in [2.75, 3.05) is 0 Å². The molecule has 0 unspecified atom stereocenters. The molecule has 0 amide bonds. The molecule has 0 aromatic carbocycles. The molecule has 12 heteroatoms. The minimum Gasteiger partial charge on any atom is -0.459 e. The molecule has 4 heterocycles. The van der Waals surface area contributed by atoms with Crippen LogP contribution in [0.2, 0.25) is 0 Å². The number of aliphatic hydroxyl groups is 1. The highest BCUT2D eigenvalue weighted by Crippen LogP contribution is 2.85. The second kappa shape index (κ2) is 6.39. The fourth-order valence-corrected chi connectivity index (χ4v) is 8.70. The number of carbonyl (C=O) groups excluding carboxylic acids is 5. The van der Waals surface area contributed by atoms with E-state index >= 15 is 0 Å². The average molecular weight is 508 g/mol. The van der Waals surface area contributed by atoms with Crippen LogP contribution >= 0.6 is 0 Å². The Morgan fingerprint density at radius 2 is 1.64 bits per heavy atom. The first-order valence-electron chi connectivity index (χ1n) is 12.0. The summed E-state index contributed by atoms with van der Waals surface area (Å²) in [7, 11) is 0. The van der Waals surface area contributed by atoms with Crippen molar-refractivity contribution in [3.8, 4) is 0 Å². The normalized spacial score (nSPS) is 51.6. The fourth-order valence-electron chi connectivity index (χ4n) is 8.70. The molecular weight excluding hydrogens is 480 g/mol. The van der Waals surface area contributed by atoms with E-state index in [2.05, 4.69) is 0 Å². The summed E-state index contributed by atoms with van der Waals surface area (Å²) in [6.07, 6.45) is -6.83. The van der Waals surface area contributed by atoms with E-state index in [1.54, 1.807) is 0 Å². The lowest BCUT2D eigenvalue weighted by Crippen LogP contribution is -2.67. The highest BCUT2D eigenvalue weighted by molar-refractivity contribution is 5.94. The topological polar surface area (TPSA) is 161 Å². The molecule has 12 nitrogen and oxygen atoms in total. The van der Waals surface area contributed by atoms with Crippen molar-refractivity contribution < 1.29 is 57.5 Å². The number of esters is 5. The van der Waals surface area contributed by atoms with Crippen molar-refractivity contribution >= 4 is 29.8 Å². The lowest BCUT2D eigenvalue weighted by Gasteiger charge is -2.48. The predicted octanol–water partition coefficient (Wildman–Crippen LogP) is -0.228. The zero-order valence-electron chi connectivity index (χ0n) is 20.7. The van der Waals surface area contributed by atoms with Gasteiger partial charge in [-0.3, -0.25) is 14.4 Å². The molecule has 6 rings (SSSR count). The minimum absolute atomic E-state index is 0.175. The van der Waals surface area contributed by atoms with E-state index in [0.29, 0.717) is 0 Å². The second-order valence-corrected chi connectivity index (χ2v) is 11.8. The van der Waals surface area contributed by atoms with E-state index in [1.807, 2.05) is 20.8 Å². The molecule has 0 bridgehead atoms. The van der Waals surface area contributed by atoms with Gasteiger partial charge in [0, 0.05) is 13.8 Å². The van der Waals surface area contributed by atoms with Crippen molar-refractivity contribution in [3.05, 3.63) is 0 Å². The molecule has 6 aliphatic rings. The third-order valence-corrected chi connectivity index (χ3v) is 9.52. The number of hydrogen-bond donors (Lipinski definition) is 1. The predicted molar refractivity (Wildman–Crippen MR) is 111 cm³/mol. The lowest BCUT2D eigenvalue weighted by molar-refractivity contribution is -0.240. The summed E-state index contributed by atoms with van der Waals surface area (Å²) in [5.74, 6) is -6.04. The SMILES string of the molecule is CC(=O)O[C@H]1C(=O)O[C@@H]2O[C@]34C(=O)O[C@@H]5C[C@@H](C(C)(C)C)[C@@]21[C@]53[C@@H](OC(C)=O)[C@@H]1OC(=O)[C@@H](C)[C@@]14O. The summed E-state index contributed by atoms with van der Waals surface area (Å²) in [6.45, 7) is 9.38. The Hall–Kier alpha value is -2.73. The smallest absolute Gasteiger partial charge is 0.350 e. The van der Waals surface area contributed by atoms with E-state index in [1.165, 1.54) is 6.92 Å². The van der Waals surface area contributed by atoms with Crippen LogP contribution < -0.4 is 0 Å². The number of carbonyl (C=O) groups is 5. The molecule has 36 heavy (non-hydrogen) atoms. The minimum atomic E-state index is -2.33. The first kappa shape index (κ1) is 23.7. The summed E-state index contributed by atoms with van der Waals surface area (Å²) in [5, 5.41) is 12.3. The molecule has 11 atom stereocenters. The Kier molecular flexibility index (Phi) is 4.20. The highest BCUT2D eigenvalue weighted by atomic mass is 16.8. The Balaban J connectivity index is 1.74. The molecular formula is C24H28O12. The molecule has 0 aromatic heterocycles. The van der Waals surface area contributed by atoms with Crippen molar-refractivity contribution in [3.63, 3.8) is 0 Å². The van der Waals surface area contributed by atoms with Gasteiger partial charge in [0.05, 0.1) is 5.92 Å². The Labute approximate surface area is 205 Å². The molecule has 6 fully saturated rings. The first-order valence-corrected chi connectivity index (χ1v) is 12.0. The second-order valence-electron chi connectivity index (χ2n) is 11.8. The summed E-state index contributed by atoms with van der Waals surface area (Å²) in [4.78, 5) is 64.5. The van der Waals surface area contributed by atoms with Gasteiger partial charge in [-0.1, -0.05) is 20.8 Å². The van der Waals surface area contributed by atoms with Gasteiger partial charge in [0.1, 0.15) is 16.9 Å². The van der Waals surface area contributed by atoms with Gasteiger partial charge in [0.15, 0.2) is 17.8 Å². The van der Waals surface area contributed by atoms with Gasteiger partial charge in [-0.05, 0) is 24.7 Å². The maximum atomic E-state index is 13.8. The zero-order valence-corrected chi connectivity index (χ0v) is 20.7. The molecule has 1 N–H and O–H groups in total. The van der Waals surface area contributed by atoms with Crippen LogP contribution in [0.3, 0.4) is 0 Å². The molecule has 4 aliphatic heterocycles. The molecule has 2 spiro atoms. The largest absolute Gasteiger partial charge is 0.459 e. The van der Waals surface area contributed by atoms with Crippen LogP contribution in [0.25, 0.3) is 0 Å². The van der Waals surface area contributed by atoms with E-state index in [9.17, 15) is 29.1 Å². The maximum absolute atomic E-state index is 13.8. The fraction of sp³-hybridized carbons (Fsp3) is 0.792. The molecule has 2 aliphatic carbocycles. The van der Waals surface area contributed by atoms with Crippen LogP contribution in [0.15, 0.2) is 0 Å². The molecule has 0 radical (unpaired) electrons. The molecule has 2 saturated carbocycles. The summed E-state index contributed by atoms with van der Waals surface area (Å²) in [6, 6.07) is 0. The Bertz CT molecular complexity index is 1140. The van der Waals surface area contributed by atoms with Gasteiger partial charge in [-0.15, -0.1) is 0 Å². The summed E-state index contributed by atoms with van der Waals surface area (Å²) < 4.78 is 34.8. The zero-order chi connectivity index (χ0) is 26.4. The van der Waals surface area contributed by atoms with Gasteiger partial charge in [-0.2, -0.15) is 0 Å². The lowest BCUT2D eigenvalue weighted by atomic mass is 9.51. The van der Waals surface area contributed by atoms with E-state index in [4.69, 9.17) is 28.4 Å². The van der Waals surface area contributed by atoms with Crippen LogP contribution in [0.4, 0.5) is 0 Å². The Morgan fingerprint density at radius 3 is 2.22 bits per heavy atom. The van der Waals surface area contributed by atoms with Crippen LogP contribution in [0.5, 0.6) is 0 Å². The summed E-state index contributed by atoms with van der Waals surface area (Å²) >= 11 is 0. The van der Waals surface area contributed by atoms with Crippen molar-refractivity contribution in [2.45, 2.75) is 89.9 Å². The third-order valence-electron chi connectivity index (χ3n) is 9.52. The first-order chi connectivity index (χ1) is 16.6. The van der Waals surface area contributed by atoms with Crippen LogP contribution in [-0.4, -0.2) is 76.9 Å². The number of hydrogen-bond acceptors (Lipinski definition) is 12. The number of ether oxygens (including phenoxy) is 6. The van der Waals surface area contributed by atoms with Crippen LogP contribution in [0, 0.1) is 28.1 Å². The van der Waals surface area contributed by atoms with Crippen molar-refractivity contribution in [1.29, 1.82) is 0 Å². The van der Waals surface area contributed by atoms with E-state index < -0.39 is 99.8 Å². The van der Waals surface area contributed by atoms with Crippen molar-refractivity contribution in [1.82, 2.24) is 0 Å². The van der Waals surface area contributed by atoms with Gasteiger partial charge in [-0.25, -0.2) is 9.59 Å². The maximum Gasteiger partial charge on any atom is 0.350 e. The third kappa shape index (κ3) is 2.01. The number of fused-ring (bicyclic) bond motifs is 1. The molecule has 4 saturated heterocycles. The van der Waals surface area contributed by atoms with Gasteiger partial charge in [0.25, 0.3) is 0 Å². The van der Waals surface area contributed by atoms with Gasteiger partial charge < -0.3 is 33.5 Å². The van der Waals surface area contributed by atoms with Crippen LogP contribution in [-0.2, 0) is 52.4 Å². The monoisotopic (exact) mass is 508 g/mol. The van der Waals surface area contributed by atoms with Gasteiger partial charge in [0.2, 0.25) is 18.0 Å². The quantitative estimate of drug-likeness (QED) is 0.386. The van der Waals surface area contributed by atoms with Crippen LogP contribution in [0.1, 0.15) is 48.0 Å². The Morgan fingerprint density at radius 1 is 1.00 bits per heavy atom. The van der Waals surface area contributed by atoms with Crippen molar-refractivity contribution in [2.24, 2.45) is 28.1 Å². The number of rotatable bonds is 2. The van der Waals surface area contributed by atoms with E-state index in [0.717, 1.165) is 13.8 Å².